The average molecular weight is 526 g/mol. The number of esters is 1. The Hall–Kier alpha value is -3.77. The van der Waals surface area contributed by atoms with Gasteiger partial charge in [-0.2, -0.15) is 30.7 Å². The van der Waals surface area contributed by atoms with Crippen LogP contribution in [-0.2, 0) is 4.79 Å². The molecule has 0 aromatic heterocycles. The number of halogens is 10. The second-order valence-electron chi connectivity index (χ2n) is 7.22. The van der Waals surface area contributed by atoms with Crippen molar-refractivity contribution < 1.29 is 58.2 Å². The van der Waals surface area contributed by atoms with Gasteiger partial charge in [-0.25, -0.2) is 18.0 Å². The van der Waals surface area contributed by atoms with Crippen molar-refractivity contribution in [1.29, 1.82) is 0 Å². The molecular formula is C23H12F10O3. The lowest BCUT2D eigenvalue weighted by Gasteiger charge is -2.26. The highest BCUT2D eigenvalue weighted by atomic mass is 19.4. The quantitative estimate of drug-likeness (QED) is 0.194. The van der Waals surface area contributed by atoms with Gasteiger partial charge in [0.15, 0.2) is 11.6 Å². The molecule has 3 nitrogen and oxygen atoms in total. The second kappa shape index (κ2) is 9.36. The zero-order chi connectivity index (χ0) is 27.1. The summed E-state index contributed by atoms with van der Waals surface area (Å²) in [6, 6.07) is 9.25. The zero-order valence-corrected chi connectivity index (χ0v) is 17.7. The number of carbonyl (C=O) groups is 1. The van der Waals surface area contributed by atoms with E-state index < -0.39 is 58.3 Å². The topological polar surface area (TPSA) is 35.5 Å². The van der Waals surface area contributed by atoms with Crippen LogP contribution in [0.3, 0.4) is 0 Å². The summed E-state index contributed by atoms with van der Waals surface area (Å²) >= 11 is 0. The highest BCUT2D eigenvalue weighted by molar-refractivity contribution is 5.82. The van der Waals surface area contributed by atoms with E-state index in [0.29, 0.717) is 29.5 Å². The third kappa shape index (κ3) is 4.82. The maximum Gasteiger partial charge on any atom is 0.460 e. The zero-order valence-electron chi connectivity index (χ0n) is 17.7. The number of alkyl halides is 7. The molecule has 0 bridgehead atoms. The minimum absolute atomic E-state index is 0.0928. The molecule has 192 valence electrons. The van der Waals surface area contributed by atoms with Gasteiger partial charge in [-0.1, -0.05) is 18.2 Å². The summed E-state index contributed by atoms with van der Waals surface area (Å²) in [4.78, 5) is 11.3. The summed E-state index contributed by atoms with van der Waals surface area (Å²) in [6.07, 6.45) is -6.81. The fourth-order valence-electron chi connectivity index (χ4n) is 3.01. The van der Waals surface area contributed by atoms with Gasteiger partial charge in [-0.15, -0.1) is 0 Å². The first kappa shape index (κ1) is 26.8. The first-order valence-corrected chi connectivity index (χ1v) is 9.58. The van der Waals surface area contributed by atoms with Crippen molar-refractivity contribution in [1.82, 2.24) is 0 Å². The Balaban J connectivity index is 1.90. The van der Waals surface area contributed by atoms with Gasteiger partial charge in [0.25, 0.3) is 0 Å². The third-order valence-corrected chi connectivity index (χ3v) is 4.90. The number of carbonyl (C=O) groups excluding carboxylic acids is 1. The van der Waals surface area contributed by atoms with Gasteiger partial charge >= 0.3 is 24.0 Å². The highest BCUT2D eigenvalue weighted by Gasteiger charge is 2.77. The van der Waals surface area contributed by atoms with Crippen LogP contribution in [-0.4, -0.2) is 31.1 Å². The van der Waals surface area contributed by atoms with Crippen LogP contribution >= 0.6 is 0 Å². The van der Waals surface area contributed by atoms with Crippen LogP contribution in [0.5, 0.6) is 11.5 Å². The molecule has 0 unspecified atom stereocenters. The summed E-state index contributed by atoms with van der Waals surface area (Å²) in [5.74, 6) is -21.7. The predicted molar refractivity (Wildman–Crippen MR) is 105 cm³/mol. The number of rotatable bonds is 6. The smallest absolute Gasteiger partial charge is 0.460 e. The molecule has 0 aliphatic rings. The van der Waals surface area contributed by atoms with Crippen molar-refractivity contribution in [3.05, 3.63) is 72.0 Å². The molecule has 3 aromatic carbocycles. The number of hydrogen-bond acceptors (Lipinski definition) is 3. The van der Waals surface area contributed by atoms with Crippen molar-refractivity contribution in [2.75, 3.05) is 7.11 Å². The van der Waals surface area contributed by atoms with Gasteiger partial charge in [0.2, 0.25) is 0 Å². The van der Waals surface area contributed by atoms with E-state index in [0.717, 1.165) is 12.1 Å². The van der Waals surface area contributed by atoms with Gasteiger partial charge < -0.3 is 9.47 Å². The first-order chi connectivity index (χ1) is 16.6. The lowest BCUT2D eigenvalue weighted by Crippen LogP contribution is -2.57. The molecule has 0 fully saturated rings. The van der Waals surface area contributed by atoms with E-state index in [2.05, 4.69) is 4.74 Å². The summed E-state index contributed by atoms with van der Waals surface area (Å²) in [5, 5.41) is 0. The monoisotopic (exact) mass is 526 g/mol. The van der Waals surface area contributed by atoms with Crippen LogP contribution in [0, 0.1) is 17.5 Å². The van der Waals surface area contributed by atoms with Crippen LogP contribution in [0.4, 0.5) is 43.9 Å². The Bertz CT molecular complexity index is 1260. The molecule has 0 N–H and O–H groups in total. The van der Waals surface area contributed by atoms with Crippen LogP contribution in [0.25, 0.3) is 22.3 Å². The summed E-state index contributed by atoms with van der Waals surface area (Å²) in [5.41, 5.74) is -0.811. The van der Waals surface area contributed by atoms with Crippen molar-refractivity contribution in [3.63, 3.8) is 0 Å². The van der Waals surface area contributed by atoms with Crippen molar-refractivity contribution in [3.8, 4) is 33.8 Å². The molecule has 13 heteroatoms. The molecular weight excluding hydrogens is 514 g/mol. The van der Waals surface area contributed by atoms with E-state index in [1.807, 2.05) is 0 Å². The van der Waals surface area contributed by atoms with Crippen LogP contribution in [0.1, 0.15) is 0 Å². The molecule has 0 aliphatic carbocycles. The first-order valence-electron chi connectivity index (χ1n) is 9.58. The van der Waals surface area contributed by atoms with Crippen molar-refractivity contribution in [2.24, 2.45) is 0 Å². The molecule has 0 amide bonds. The Morgan fingerprint density at radius 2 is 1.19 bits per heavy atom. The van der Waals surface area contributed by atoms with E-state index in [-0.39, 0.29) is 5.56 Å². The largest absolute Gasteiger partial charge is 0.497 e. The van der Waals surface area contributed by atoms with Crippen LogP contribution < -0.4 is 9.47 Å². The van der Waals surface area contributed by atoms with Gasteiger partial charge in [0.05, 0.1) is 12.7 Å². The van der Waals surface area contributed by atoms with E-state index >= 15 is 0 Å². The summed E-state index contributed by atoms with van der Waals surface area (Å²) in [6.45, 7) is 0. The number of hydrogen-bond donors (Lipinski definition) is 0. The molecule has 0 saturated heterocycles. The molecule has 0 spiro atoms. The molecule has 0 aliphatic heterocycles. The molecule has 0 atom stereocenters. The highest BCUT2D eigenvalue weighted by Crippen LogP contribution is 2.47. The summed E-state index contributed by atoms with van der Waals surface area (Å²) < 4.78 is 142. The maximum atomic E-state index is 14.7. The molecule has 3 rings (SSSR count). The number of methoxy groups -OCH3 is 1. The maximum absolute atomic E-state index is 14.7. The van der Waals surface area contributed by atoms with Crippen molar-refractivity contribution >= 4 is 5.97 Å². The fourth-order valence-corrected chi connectivity index (χ4v) is 3.01. The van der Waals surface area contributed by atoms with Gasteiger partial charge in [0.1, 0.15) is 17.4 Å². The average Bonchev–Trinajstić information content (AvgIpc) is 2.79. The summed E-state index contributed by atoms with van der Waals surface area (Å²) in [7, 11) is 1.41. The number of benzene rings is 3. The standard InChI is InChI=1S/C23H12F10O3/c1-35-14-5-2-11(3-6-14)13-9-16(25)19(17(26)10-13)12-4-7-18(15(24)8-12)36-20(34)21(27,28)22(29,30)23(31,32)33/h2-10H,1H3. The second-order valence-corrected chi connectivity index (χ2v) is 7.22. The Morgan fingerprint density at radius 1 is 0.694 bits per heavy atom. The SMILES string of the molecule is COc1ccc(-c2cc(F)c(-c3ccc(OC(=O)C(F)(F)C(F)(F)C(F)(F)F)c(F)c3)c(F)c2)cc1. The lowest BCUT2D eigenvalue weighted by atomic mass is 9.98. The van der Waals surface area contributed by atoms with Gasteiger partial charge in [-0.05, 0) is 53.1 Å². The molecule has 3 aromatic rings. The molecule has 0 heterocycles. The Morgan fingerprint density at radius 3 is 1.67 bits per heavy atom. The van der Waals surface area contributed by atoms with E-state index in [9.17, 15) is 48.7 Å². The van der Waals surface area contributed by atoms with Crippen LogP contribution in [0.2, 0.25) is 0 Å². The van der Waals surface area contributed by atoms with Gasteiger partial charge in [-0.3, -0.25) is 0 Å². The molecule has 36 heavy (non-hydrogen) atoms. The Labute approximate surface area is 195 Å². The number of ether oxygens (including phenoxy) is 2. The normalized spacial score (nSPS) is 12.4. The molecule has 0 radical (unpaired) electrons. The van der Waals surface area contributed by atoms with E-state index in [4.69, 9.17) is 4.74 Å². The third-order valence-electron chi connectivity index (χ3n) is 4.90. The van der Waals surface area contributed by atoms with Crippen molar-refractivity contribution in [2.45, 2.75) is 18.0 Å². The minimum Gasteiger partial charge on any atom is -0.497 e. The molecule has 0 saturated carbocycles. The van der Waals surface area contributed by atoms with E-state index in [1.165, 1.54) is 31.4 Å². The van der Waals surface area contributed by atoms with Crippen LogP contribution in [0.15, 0.2) is 54.6 Å². The van der Waals surface area contributed by atoms with E-state index in [1.54, 1.807) is 0 Å². The lowest BCUT2D eigenvalue weighted by molar-refractivity contribution is -0.346. The minimum atomic E-state index is -6.81. The van der Waals surface area contributed by atoms with Gasteiger partial charge in [0, 0.05) is 0 Å². The Kier molecular flexibility index (Phi) is 6.97. The predicted octanol–water partition coefficient (Wildman–Crippen LogP) is 7.18. The fraction of sp³-hybridized carbons (Fsp3) is 0.174.